The van der Waals surface area contributed by atoms with Crippen molar-refractivity contribution in [2.24, 2.45) is 5.73 Å². The molecule has 0 saturated heterocycles. The standard InChI is InChI=1S/C14H17NO/c1-10-8-11-9-12(4-5-13(11)16-10)14(15)6-2-3-7-14/h4-5,8-9H,2-3,6-7,15H2,1H3. The number of benzene rings is 1. The normalized spacial score (nSPS) is 19.4. The second-order valence-electron chi connectivity index (χ2n) is 4.97. The highest BCUT2D eigenvalue weighted by atomic mass is 16.3. The van der Waals surface area contributed by atoms with Crippen LogP contribution in [-0.4, -0.2) is 0 Å². The van der Waals surface area contributed by atoms with E-state index in [1.54, 1.807) is 0 Å². The Labute approximate surface area is 95.4 Å². The molecule has 0 unspecified atom stereocenters. The summed E-state index contributed by atoms with van der Waals surface area (Å²) in [5.41, 5.74) is 8.57. The van der Waals surface area contributed by atoms with E-state index in [0.29, 0.717) is 0 Å². The SMILES string of the molecule is Cc1cc2cc(C3(N)CCCC3)ccc2o1. The smallest absolute Gasteiger partial charge is 0.134 e. The first-order valence-corrected chi connectivity index (χ1v) is 5.97. The summed E-state index contributed by atoms with van der Waals surface area (Å²) in [6.07, 6.45) is 4.71. The molecule has 1 heterocycles. The van der Waals surface area contributed by atoms with Crippen molar-refractivity contribution in [2.75, 3.05) is 0 Å². The third kappa shape index (κ3) is 1.45. The summed E-state index contributed by atoms with van der Waals surface area (Å²) in [5, 5.41) is 1.17. The van der Waals surface area contributed by atoms with Crippen molar-refractivity contribution in [3.63, 3.8) is 0 Å². The molecule has 2 nitrogen and oxygen atoms in total. The Balaban J connectivity index is 2.10. The molecule has 0 spiro atoms. The van der Waals surface area contributed by atoms with Crippen LogP contribution in [0.2, 0.25) is 0 Å². The van der Waals surface area contributed by atoms with Gasteiger partial charge in [-0.15, -0.1) is 0 Å². The third-order valence-electron chi connectivity index (χ3n) is 3.71. The minimum absolute atomic E-state index is 0.0979. The van der Waals surface area contributed by atoms with E-state index in [-0.39, 0.29) is 5.54 Å². The second-order valence-corrected chi connectivity index (χ2v) is 4.97. The number of aryl methyl sites for hydroxylation is 1. The molecule has 2 N–H and O–H groups in total. The highest BCUT2D eigenvalue weighted by Gasteiger charge is 2.31. The maximum Gasteiger partial charge on any atom is 0.134 e. The quantitative estimate of drug-likeness (QED) is 0.791. The van der Waals surface area contributed by atoms with Crippen LogP contribution in [0.4, 0.5) is 0 Å². The predicted octanol–water partition coefficient (Wildman–Crippen LogP) is 3.47. The summed E-state index contributed by atoms with van der Waals surface area (Å²) in [6.45, 7) is 1.98. The van der Waals surface area contributed by atoms with Crippen LogP contribution in [0.3, 0.4) is 0 Å². The summed E-state index contributed by atoms with van der Waals surface area (Å²) in [7, 11) is 0. The molecule has 16 heavy (non-hydrogen) atoms. The Kier molecular flexibility index (Phi) is 2.08. The molecule has 1 saturated carbocycles. The van der Waals surface area contributed by atoms with E-state index in [1.807, 2.05) is 13.0 Å². The monoisotopic (exact) mass is 215 g/mol. The van der Waals surface area contributed by atoms with Gasteiger partial charge < -0.3 is 10.2 Å². The molecule has 0 atom stereocenters. The lowest BCUT2D eigenvalue weighted by atomic mass is 9.89. The van der Waals surface area contributed by atoms with Crippen LogP contribution in [0.15, 0.2) is 28.7 Å². The predicted molar refractivity (Wildman–Crippen MR) is 65.3 cm³/mol. The summed E-state index contributed by atoms with van der Waals surface area (Å²) in [4.78, 5) is 0. The molecule has 2 aromatic rings. The number of hydrogen-bond donors (Lipinski definition) is 1. The third-order valence-corrected chi connectivity index (χ3v) is 3.71. The van der Waals surface area contributed by atoms with Crippen molar-refractivity contribution < 1.29 is 4.42 Å². The zero-order valence-corrected chi connectivity index (χ0v) is 9.62. The average Bonchev–Trinajstić information content (AvgIpc) is 2.82. The van der Waals surface area contributed by atoms with E-state index in [2.05, 4.69) is 18.2 Å². The zero-order valence-electron chi connectivity index (χ0n) is 9.62. The molecule has 1 aromatic carbocycles. The van der Waals surface area contributed by atoms with Crippen molar-refractivity contribution in [3.05, 3.63) is 35.6 Å². The zero-order chi connectivity index (χ0) is 11.2. The lowest BCUT2D eigenvalue weighted by Crippen LogP contribution is -2.32. The van der Waals surface area contributed by atoms with E-state index in [0.717, 1.165) is 24.2 Å². The first-order valence-electron chi connectivity index (χ1n) is 5.97. The Morgan fingerprint density at radius 1 is 1.19 bits per heavy atom. The maximum absolute atomic E-state index is 6.45. The molecule has 1 aromatic heterocycles. The van der Waals surface area contributed by atoms with E-state index in [4.69, 9.17) is 10.2 Å². The van der Waals surface area contributed by atoms with Gasteiger partial charge in [0.2, 0.25) is 0 Å². The number of hydrogen-bond acceptors (Lipinski definition) is 2. The minimum atomic E-state index is -0.0979. The van der Waals surface area contributed by atoms with Crippen LogP contribution in [0, 0.1) is 6.92 Å². The molecule has 84 valence electrons. The lowest BCUT2D eigenvalue weighted by molar-refractivity contribution is 0.462. The van der Waals surface area contributed by atoms with Crippen molar-refractivity contribution in [1.29, 1.82) is 0 Å². The highest BCUT2D eigenvalue weighted by Crippen LogP contribution is 2.37. The Morgan fingerprint density at radius 2 is 1.94 bits per heavy atom. The fourth-order valence-electron chi connectivity index (χ4n) is 2.78. The molecule has 0 aliphatic heterocycles. The summed E-state index contributed by atoms with van der Waals surface area (Å²) in [5.74, 6) is 0.963. The Morgan fingerprint density at radius 3 is 2.69 bits per heavy atom. The van der Waals surface area contributed by atoms with Crippen LogP contribution in [-0.2, 0) is 5.54 Å². The van der Waals surface area contributed by atoms with Crippen LogP contribution < -0.4 is 5.73 Å². The molecule has 1 aliphatic rings. The van der Waals surface area contributed by atoms with Crippen LogP contribution in [0.1, 0.15) is 37.0 Å². The number of nitrogens with two attached hydrogens (primary N) is 1. The van der Waals surface area contributed by atoms with Crippen LogP contribution >= 0.6 is 0 Å². The van der Waals surface area contributed by atoms with Crippen molar-refractivity contribution in [2.45, 2.75) is 38.1 Å². The fourth-order valence-corrected chi connectivity index (χ4v) is 2.78. The molecular formula is C14H17NO. The van der Waals surface area contributed by atoms with Gasteiger partial charge in [0.25, 0.3) is 0 Å². The lowest BCUT2D eigenvalue weighted by Gasteiger charge is -2.24. The van der Waals surface area contributed by atoms with Gasteiger partial charge in [0.05, 0.1) is 0 Å². The summed E-state index contributed by atoms with van der Waals surface area (Å²) >= 11 is 0. The minimum Gasteiger partial charge on any atom is -0.461 e. The number of furan rings is 1. The van der Waals surface area contributed by atoms with E-state index in [9.17, 15) is 0 Å². The van der Waals surface area contributed by atoms with Crippen molar-refractivity contribution >= 4 is 11.0 Å². The first-order chi connectivity index (χ1) is 7.67. The van der Waals surface area contributed by atoms with Gasteiger partial charge >= 0.3 is 0 Å². The molecule has 0 bridgehead atoms. The van der Waals surface area contributed by atoms with Gasteiger partial charge in [-0.2, -0.15) is 0 Å². The Bertz CT molecular complexity index is 521. The van der Waals surface area contributed by atoms with Gasteiger partial charge in [-0.05, 0) is 43.5 Å². The number of rotatable bonds is 1. The van der Waals surface area contributed by atoms with Gasteiger partial charge in [0.1, 0.15) is 11.3 Å². The maximum atomic E-state index is 6.45. The largest absolute Gasteiger partial charge is 0.461 e. The Hall–Kier alpha value is -1.28. The molecule has 1 fully saturated rings. The van der Waals surface area contributed by atoms with Gasteiger partial charge in [0.15, 0.2) is 0 Å². The van der Waals surface area contributed by atoms with E-state index in [1.165, 1.54) is 23.8 Å². The summed E-state index contributed by atoms with van der Waals surface area (Å²) in [6, 6.07) is 8.44. The molecule has 0 amide bonds. The molecule has 0 radical (unpaired) electrons. The van der Waals surface area contributed by atoms with Crippen molar-refractivity contribution in [3.8, 4) is 0 Å². The van der Waals surface area contributed by atoms with Gasteiger partial charge in [0, 0.05) is 10.9 Å². The fraction of sp³-hybridized carbons (Fsp3) is 0.429. The highest BCUT2D eigenvalue weighted by molar-refractivity contribution is 5.79. The number of fused-ring (bicyclic) bond motifs is 1. The average molecular weight is 215 g/mol. The van der Waals surface area contributed by atoms with Gasteiger partial charge in [-0.25, -0.2) is 0 Å². The molecular weight excluding hydrogens is 198 g/mol. The summed E-state index contributed by atoms with van der Waals surface area (Å²) < 4.78 is 5.58. The first kappa shape index (κ1) is 9.91. The van der Waals surface area contributed by atoms with Gasteiger partial charge in [-0.3, -0.25) is 0 Å². The van der Waals surface area contributed by atoms with Gasteiger partial charge in [-0.1, -0.05) is 18.9 Å². The van der Waals surface area contributed by atoms with E-state index < -0.39 is 0 Å². The molecule has 2 heteroatoms. The van der Waals surface area contributed by atoms with Crippen LogP contribution in [0.5, 0.6) is 0 Å². The molecule has 1 aliphatic carbocycles. The van der Waals surface area contributed by atoms with E-state index >= 15 is 0 Å². The van der Waals surface area contributed by atoms with Crippen LogP contribution in [0.25, 0.3) is 11.0 Å². The molecule has 3 rings (SSSR count). The van der Waals surface area contributed by atoms with Crippen molar-refractivity contribution in [1.82, 2.24) is 0 Å². The second kappa shape index (κ2) is 3.36. The topological polar surface area (TPSA) is 39.2 Å².